The van der Waals surface area contributed by atoms with Crippen molar-refractivity contribution in [1.82, 2.24) is 15.3 Å². The lowest BCUT2D eigenvalue weighted by atomic mass is 10.1. The van der Waals surface area contributed by atoms with Gasteiger partial charge in [0.25, 0.3) is 5.91 Å². The predicted molar refractivity (Wildman–Crippen MR) is 92.0 cm³/mol. The van der Waals surface area contributed by atoms with Gasteiger partial charge in [-0.1, -0.05) is 37.2 Å². The summed E-state index contributed by atoms with van der Waals surface area (Å²) in [5.74, 6) is 0.625. The molecule has 1 heterocycles. The van der Waals surface area contributed by atoms with Gasteiger partial charge in [0.1, 0.15) is 5.75 Å². The second-order valence-corrected chi connectivity index (χ2v) is 5.77. The fourth-order valence-electron chi connectivity index (χ4n) is 2.17. The van der Waals surface area contributed by atoms with E-state index in [1.54, 1.807) is 13.3 Å². The summed E-state index contributed by atoms with van der Waals surface area (Å²) in [5, 5.41) is 3.61. The molecule has 0 unspecified atom stereocenters. The van der Waals surface area contributed by atoms with E-state index < -0.39 is 0 Å². The molecule has 122 valence electrons. The largest absolute Gasteiger partial charge is 0.497 e. The normalized spacial score (nSPS) is 10.4. The monoisotopic (exact) mass is 331 g/mol. The summed E-state index contributed by atoms with van der Waals surface area (Å²) < 4.78 is 5.19. The minimum absolute atomic E-state index is 0.149. The molecule has 2 aromatic rings. The Hall–Kier alpha value is -2.08. The molecule has 0 aliphatic rings. The molecule has 1 aromatic carbocycles. The molecule has 0 aliphatic carbocycles. The van der Waals surface area contributed by atoms with E-state index in [1.165, 1.54) is 11.8 Å². The fraction of sp³-hybridized carbons (Fsp3) is 0.353. The number of benzene rings is 1. The molecule has 0 aliphatic heterocycles. The maximum Gasteiger partial charge on any atom is 0.254 e. The summed E-state index contributed by atoms with van der Waals surface area (Å²) >= 11 is 1.48. The van der Waals surface area contributed by atoms with Crippen molar-refractivity contribution in [3.8, 4) is 5.75 Å². The number of hydrogen-bond acceptors (Lipinski definition) is 5. The lowest BCUT2D eigenvalue weighted by Gasteiger charge is -2.10. The highest BCUT2D eigenvalue weighted by Crippen LogP contribution is 2.15. The molecule has 1 amide bonds. The number of carbonyl (C=O) groups excluding carboxylic acids is 1. The van der Waals surface area contributed by atoms with Crippen molar-refractivity contribution in [2.24, 2.45) is 0 Å². The van der Waals surface area contributed by atoms with Crippen molar-refractivity contribution in [3.05, 3.63) is 47.3 Å². The molecule has 0 radical (unpaired) electrons. The SMILES string of the molecule is CCCc1nc(SC)ncc1C(=O)NCc1cccc(OC)c1. The van der Waals surface area contributed by atoms with Gasteiger partial charge in [0.2, 0.25) is 0 Å². The van der Waals surface area contributed by atoms with E-state index in [2.05, 4.69) is 22.2 Å². The van der Waals surface area contributed by atoms with Gasteiger partial charge in [-0.05, 0) is 30.4 Å². The lowest BCUT2D eigenvalue weighted by Crippen LogP contribution is -2.25. The van der Waals surface area contributed by atoms with Gasteiger partial charge in [0.15, 0.2) is 5.16 Å². The zero-order chi connectivity index (χ0) is 16.7. The minimum atomic E-state index is -0.149. The highest BCUT2D eigenvalue weighted by atomic mass is 32.2. The van der Waals surface area contributed by atoms with Crippen LogP contribution in [0, 0.1) is 0 Å². The minimum Gasteiger partial charge on any atom is -0.497 e. The standard InChI is InChI=1S/C17H21N3O2S/c1-4-6-15-14(11-19-17(20-15)23-3)16(21)18-10-12-7-5-8-13(9-12)22-2/h5,7-9,11H,4,6,10H2,1-3H3,(H,18,21). The van der Waals surface area contributed by atoms with Gasteiger partial charge in [-0.25, -0.2) is 9.97 Å². The number of thioether (sulfide) groups is 1. The van der Waals surface area contributed by atoms with Gasteiger partial charge in [-0.3, -0.25) is 4.79 Å². The smallest absolute Gasteiger partial charge is 0.254 e. The van der Waals surface area contributed by atoms with Crippen LogP contribution in [0.3, 0.4) is 0 Å². The van der Waals surface area contributed by atoms with E-state index in [1.807, 2.05) is 30.5 Å². The predicted octanol–water partition coefficient (Wildman–Crippen LogP) is 3.09. The van der Waals surface area contributed by atoms with Gasteiger partial charge in [0.05, 0.1) is 18.4 Å². The fourth-order valence-corrected chi connectivity index (χ4v) is 2.53. The number of aryl methyl sites for hydroxylation is 1. The van der Waals surface area contributed by atoms with Crippen molar-refractivity contribution in [2.75, 3.05) is 13.4 Å². The highest BCUT2D eigenvalue weighted by Gasteiger charge is 2.14. The Labute approximate surface area is 140 Å². The van der Waals surface area contributed by atoms with Crippen LogP contribution in [0.25, 0.3) is 0 Å². The molecule has 1 N–H and O–H groups in total. The number of ether oxygens (including phenoxy) is 1. The van der Waals surface area contributed by atoms with Crippen molar-refractivity contribution < 1.29 is 9.53 Å². The zero-order valence-electron chi connectivity index (χ0n) is 13.6. The van der Waals surface area contributed by atoms with Crippen LogP contribution in [0.4, 0.5) is 0 Å². The Morgan fingerprint density at radius 1 is 1.39 bits per heavy atom. The zero-order valence-corrected chi connectivity index (χ0v) is 14.4. The summed E-state index contributed by atoms with van der Waals surface area (Å²) in [6, 6.07) is 7.63. The summed E-state index contributed by atoms with van der Waals surface area (Å²) in [5.41, 5.74) is 2.33. The number of nitrogens with one attached hydrogen (secondary N) is 1. The number of hydrogen-bond donors (Lipinski definition) is 1. The first-order valence-corrected chi connectivity index (χ1v) is 8.71. The summed E-state index contributed by atoms with van der Waals surface area (Å²) in [7, 11) is 1.62. The van der Waals surface area contributed by atoms with E-state index in [0.717, 1.165) is 29.8 Å². The van der Waals surface area contributed by atoms with Gasteiger partial charge in [0, 0.05) is 12.7 Å². The van der Waals surface area contributed by atoms with Crippen LogP contribution in [0.5, 0.6) is 5.75 Å². The molecule has 0 saturated carbocycles. The molecular weight excluding hydrogens is 310 g/mol. The summed E-state index contributed by atoms with van der Waals surface area (Å²) in [6.45, 7) is 2.50. The van der Waals surface area contributed by atoms with Crippen molar-refractivity contribution in [2.45, 2.75) is 31.5 Å². The Bertz CT molecular complexity index is 677. The van der Waals surface area contributed by atoms with E-state index in [9.17, 15) is 4.79 Å². The van der Waals surface area contributed by atoms with Crippen LogP contribution in [-0.4, -0.2) is 29.2 Å². The quantitative estimate of drug-likeness (QED) is 0.624. The molecule has 2 rings (SSSR count). The molecule has 1 aromatic heterocycles. The molecule has 5 nitrogen and oxygen atoms in total. The third kappa shape index (κ3) is 4.69. The number of nitrogens with zero attached hydrogens (tertiary/aromatic N) is 2. The Kier molecular flexibility index (Phi) is 6.40. The highest BCUT2D eigenvalue weighted by molar-refractivity contribution is 7.98. The van der Waals surface area contributed by atoms with Crippen LogP contribution in [0.2, 0.25) is 0 Å². The average Bonchev–Trinajstić information content (AvgIpc) is 2.60. The first kappa shape index (κ1) is 17.3. The average molecular weight is 331 g/mol. The number of rotatable bonds is 7. The van der Waals surface area contributed by atoms with Gasteiger partial charge in [-0.15, -0.1) is 0 Å². The lowest BCUT2D eigenvalue weighted by molar-refractivity contribution is 0.0948. The van der Waals surface area contributed by atoms with Crippen LogP contribution in [0.15, 0.2) is 35.6 Å². The molecular formula is C17H21N3O2S. The Balaban J connectivity index is 2.10. The van der Waals surface area contributed by atoms with E-state index in [-0.39, 0.29) is 5.91 Å². The van der Waals surface area contributed by atoms with E-state index in [0.29, 0.717) is 17.3 Å². The first-order valence-electron chi connectivity index (χ1n) is 7.49. The second kappa shape index (κ2) is 8.53. The molecule has 23 heavy (non-hydrogen) atoms. The van der Waals surface area contributed by atoms with Gasteiger partial charge in [-0.2, -0.15) is 0 Å². The number of amides is 1. The Morgan fingerprint density at radius 2 is 2.22 bits per heavy atom. The summed E-state index contributed by atoms with van der Waals surface area (Å²) in [6.07, 6.45) is 5.23. The molecule has 0 saturated heterocycles. The van der Waals surface area contributed by atoms with E-state index >= 15 is 0 Å². The molecule has 0 atom stereocenters. The van der Waals surface area contributed by atoms with Crippen molar-refractivity contribution in [3.63, 3.8) is 0 Å². The Morgan fingerprint density at radius 3 is 2.91 bits per heavy atom. The molecule has 0 fully saturated rings. The number of aromatic nitrogens is 2. The van der Waals surface area contributed by atoms with Gasteiger partial charge < -0.3 is 10.1 Å². The van der Waals surface area contributed by atoms with Crippen molar-refractivity contribution in [1.29, 1.82) is 0 Å². The summed E-state index contributed by atoms with van der Waals surface area (Å²) in [4.78, 5) is 21.1. The second-order valence-electron chi connectivity index (χ2n) is 5.00. The number of methoxy groups -OCH3 is 1. The van der Waals surface area contributed by atoms with E-state index in [4.69, 9.17) is 4.74 Å². The maximum absolute atomic E-state index is 12.4. The third-order valence-corrected chi connectivity index (χ3v) is 3.91. The molecule has 0 spiro atoms. The molecule has 0 bridgehead atoms. The molecule has 6 heteroatoms. The van der Waals surface area contributed by atoms with Gasteiger partial charge >= 0.3 is 0 Å². The van der Waals surface area contributed by atoms with Crippen LogP contribution >= 0.6 is 11.8 Å². The van der Waals surface area contributed by atoms with Crippen LogP contribution in [0.1, 0.15) is 35.0 Å². The maximum atomic E-state index is 12.4. The number of carbonyl (C=O) groups is 1. The van der Waals surface area contributed by atoms with Crippen LogP contribution in [-0.2, 0) is 13.0 Å². The van der Waals surface area contributed by atoms with Crippen LogP contribution < -0.4 is 10.1 Å². The van der Waals surface area contributed by atoms with Crippen molar-refractivity contribution >= 4 is 17.7 Å². The first-order chi connectivity index (χ1) is 11.2. The third-order valence-electron chi connectivity index (χ3n) is 3.35. The topological polar surface area (TPSA) is 64.1 Å².